The van der Waals surface area contributed by atoms with Crippen molar-refractivity contribution < 1.29 is 14.3 Å². The molecule has 3 rings (SSSR count). The smallest absolute Gasteiger partial charge is 0.255 e. The summed E-state index contributed by atoms with van der Waals surface area (Å²) in [5, 5.41) is 7.60. The van der Waals surface area contributed by atoms with Crippen LogP contribution in [-0.2, 0) is 4.74 Å². The number of nitrogens with zero attached hydrogens (tertiary/aromatic N) is 2. The molecule has 0 bridgehead atoms. The van der Waals surface area contributed by atoms with Gasteiger partial charge in [-0.2, -0.15) is 5.10 Å². The highest BCUT2D eigenvalue weighted by atomic mass is 16.5. The predicted octanol–water partition coefficient (Wildman–Crippen LogP) is 3.31. The van der Waals surface area contributed by atoms with Crippen LogP contribution in [0.15, 0.2) is 60.8 Å². The summed E-state index contributed by atoms with van der Waals surface area (Å²) in [6.45, 7) is 1.15. The molecule has 6 heteroatoms. The molecule has 1 N–H and O–H groups in total. The second-order valence-electron chi connectivity index (χ2n) is 6.01. The van der Waals surface area contributed by atoms with Crippen molar-refractivity contribution in [3.05, 3.63) is 66.4 Å². The van der Waals surface area contributed by atoms with Gasteiger partial charge in [-0.05, 0) is 30.7 Å². The summed E-state index contributed by atoms with van der Waals surface area (Å²) in [6.07, 6.45) is 2.51. The third kappa shape index (κ3) is 4.54. The van der Waals surface area contributed by atoms with Crippen LogP contribution < -0.4 is 10.1 Å². The van der Waals surface area contributed by atoms with Gasteiger partial charge in [0, 0.05) is 32.0 Å². The van der Waals surface area contributed by atoms with Crippen LogP contribution in [-0.4, -0.2) is 43.1 Å². The highest BCUT2D eigenvalue weighted by Crippen LogP contribution is 2.27. The van der Waals surface area contributed by atoms with Gasteiger partial charge >= 0.3 is 0 Å². The first-order valence-corrected chi connectivity index (χ1v) is 8.79. The first-order chi connectivity index (χ1) is 13.2. The normalized spacial score (nSPS) is 10.6. The van der Waals surface area contributed by atoms with Gasteiger partial charge in [-0.1, -0.05) is 30.3 Å². The zero-order valence-electron chi connectivity index (χ0n) is 15.5. The minimum atomic E-state index is -0.161. The summed E-state index contributed by atoms with van der Waals surface area (Å²) in [7, 11) is 3.26. The van der Waals surface area contributed by atoms with Crippen molar-refractivity contribution >= 4 is 5.91 Å². The molecule has 1 amide bonds. The average Bonchev–Trinajstić information content (AvgIpc) is 3.17. The maximum atomic E-state index is 12.8. The van der Waals surface area contributed by atoms with Crippen LogP contribution in [0, 0.1) is 0 Å². The number of benzene rings is 2. The summed E-state index contributed by atoms with van der Waals surface area (Å²) in [5.74, 6) is 0.555. The summed E-state index contributed by atoms with van der Waals surface area (Å²) in [5.41, 5.74) is 2.85. The van der Waals surface area contributed by atoms with E-state index < -0.39 is 0 Å². The standard InChI is InChI=1S/C21H23N3O3/c1-26-13-7-12-22-21(25)19-15-24(17-9-4-3-5-10-17)23-20(19)16-8-6-11-18(14-16)27-2/h3-6,8-11,14-15H,7,12-13H2,1-2H3,(H,22,25). The molecule has 0 fully saturated rings. The lowest BCUT2D eigenvalue weighted by molar-refractivity contribution is 0.0949. The molecule has 0 aliphatic heterocycles. The molecule has 0 saturated carbocycles. The van der Waals surface area contributed by atoms with Crippen molar-refractivity contribution in [1.82, 2.24) is 15.1 Å². The molecular weight excluding hydrogens is 342 g/mol. The Morgan fingerprint density at radius 2 is 1.93 bits per heavy atom. The van der Waals surface area contributed by atoms with Gasteiger partial charge in [0.25, 0.3) is 5.91 Å². The van der Waals surface area contributed by atoms with Crippen LogP contribution >= 0.6 is 0 Å². The van der Waals surface area contributed by atoms with E-state index in [0.29, 0.717) is 30.2 Å². The van der Waals surface area contributed by atoms with Crippen molar-refractivity contribution in [3.63, 3.8) is 0 Å². The van der Waals surface area contributed by atoms with Crippen molar-refractivity contribution in [1.29, 1.82) is 0 Å². The molecule has 0 aliphatic carbocycles. The Labute approximate surface area is 158 Å². The van der Waals surface area contributed by atoms with E-state index in [-0.39, 0.29) is 5.91 Å². The fraction of sp³-hybridized carbons (Fsp3) is 0.238. The monoisotopic (exact) mass is 365 g/mol. The second kappa shape index (κ2) is 9.00. The molecule has 0 aliphatic rings. The third-order valence-corrected chi connectivity index (χ3v) is 4.13. The number of nitrogens with one attached hydrogen (secondary N) is 1. The Kier molecular flexibility index (Phi) is 6.22. The Morgan fingerprint density at radius 3 is 2.67 bits per heavy atom. The first kappa shape index (κ1) is 18.7. The molecule has 0 saturated heterocycles. The van der Waals surface area contributed by atoms with Gasteiger partial charge in [-0.15, -0.1) is 0 Å². The van der Waals surface area contributed by atoms with Crippen molar-refractivity contribution in [3.8, 4) is 22.7 Å². The summed E-state index contributed by atoms with van der Waals surface area (Å²) < 4.78 is 12.1. The summed E-state index contributed by atoms with van der Waals surface area (Å²) >= 11 is 0. The molecular formula is C21H23N3O3. The van der Waals surface area contributed by atoms with Crippen LogP contribution in [0.1, 0.15) is 16.8 Å². The fourth-order valence-electron chi connectivity index (χ4n) is 2.75. The van der Waals surface area contributed by atoms with Crippen LogP contribution in [0.5, 0.6) is 5.75 Å². The molecule has 0 spiro atoms. The van der Waals surface area contributed by atoms with Gasteiger partial charge in [0.2, 0.25) is 0 Å². The third-order valence-electron chi connectivity index (χ3n) is 4.13. The lowest BCUT2D eigenvalue weighted by Gasteiger charge is -2.06. The van der Waals surface area contributed by atoms with E-state index in [4.69, 9.17) is 9.47 Å². The van der Waals surface area contributed by atoms with Crippen LogP contribution in [0.25, 0.3) is 16.9 Å². The number of methoxy groups -OCH3 is 2. The molecule has 140 valence electrons. The molecule has 27 heavy (non-hydrogen) atoms. The van der Waals surface area contributed by atoms with Gasteiger partial charge in [0.1, 0.15) is 11.4 Å². The lowest BCUT2D eigenvalue weighted by atomic mass is 10.1. The number of carbonyl (C=O) groups excluding carboxylic acids is 1. The fourth-order valence-corrected chi connectivity index (χ4v) is 2.75. The Bertz CT molecular complexity index is 891. The SMILES string of the molecule is COCCCNC(=O)c1cn(-c2ccccc2)nc1-c1cccc(OC)c1. The number of para-hydroxylation sites is 1. The van der Waals surface area contributed by atoms with Gasteiger partial charge in [-0.25, -0.2) is 4.68 Å². The van der Waals surface area contributed by atoms with Crippen LogP contribution in [0.4, 0.5) is 0 Å². The van der Waals surface area contributed by atoms with Crippen molar-refractivity contribution in [2.75, 3.05) is 27.4 Å². The number of hydrogen-bond donors (Lipinski definition) is 1. The van der Waals surface area contributed by atoms with Gasteiger partial charge in [0.15, 0.2) is 0 Å². The first-order valence-electron chi connectivity index (χ1n) is 8.79. The maximum absolute atomic E-state index is 12.8. The number of carbonyl (C=O) groups is 1. The summed E-state index contributed by atoms with van der Waals surface area (Å²) in [4.78, 5) is 12.8. The molecule has 0 radical (unpaired) electrons. The zero-order valence-corrected chi connectivity index (χ0v) is 15.5. The van der Waals surface area contributed by atoms with E-state index in [1.165, 1.54) is 0 Å². The highest BCUT2D eigenvalue weighted by molar-refractivity contribution is 6.00. The van der Waals surface area contributed by atoms with Crippen LogP contribution in [0.3, 0.4) is 0 Å². The minimum absolute atomic E-state index is 0.161. The number of amides is 1. The van der Waals surface area contributed by atoms with Gasteiger partial charge in [-0.3, -0.25) is 4.79 Å². The number of aromatic nitrogens is 2. The summed E-state index contributed by atoms with van der Waals surface area (Å²) in [6, 6.07) is 17.3. The molecule has 6 nitrogen and oxygen atoms in total. The number of ether oxygens (including phenoxy) is 2. The van der Waals surface area contributed by atoms with E-state index in [1.807, 2.05) is 54.6 Å². The van der Waals surface area contributed by atoms with E-state index in [0.717, 1.165) is 17.7 Å². The maximum Gasteiger partial charge on any atom is 0.255 e. The Balaban J connectivity index is 1.96. The zero-order chi connectivity index (χ0) is 19.1. The predicted molar refractivity (Wildman–Crippen MR) is 104 cm³/mol. The lowest BCUT2D eigenvalue weighted by Crippen LogP contribution is -2.25. The molecule has 1 heterocycles. The molecule has 2 aromatic carbocycles. The van der Waals surface area contributed by atoms with E-state index in [1.54, 1.807) is 25.1 Å². The molecule has 3 aromatic rings. The van der Waals surface area contributed by atoms with Gasteiger partial charge < -0.3 is 14.8 Å². The Hall–Kier alpha value is -3.12. The Morgan fingerprint density at radius 1 is 1.11 bits per heavy atom. The molecule has 0 atom stereocenters. The van der Waals surface area contributed by atoms with Gasteiger partial charge in [0.05, 0.1) is 18.4 Å². The largest absolute Gasteiger partial charge is 0.497 e. The highest BCUT2D eigenvalue weighted by Gasteiger charge is 2.18. The second-order valence-corrected chi connectivity index (χ2v) is 6.01. The van der Waals surface area contributed by atoms with E-state index in [9.17, 15) is 4.79 Å². The van der Waals surface area contributed by atoms with E-state index >= 15 is 0 Å². The number of hydrogen-bond acceptors (Lipinski definition) is 4. The molecule has 1 aromatic heterocycles. The quantitative estimate of drug-likeness (QED) is 0.622. The minimum Gasteiger partial charge on any atom is -0.497 e. The average molecular weight is 365 g/mol. The van der Waals surface area contributed by atoms with E-state index in [2.05, 4.69) is 10.4 Å². The van der Waals surface area contributed by atoms with Crippen molar-refractivity contribution in [2.24, 2.45) is 0 Å². The molecule has 0 unspecified atom stereocenters. The van der Waals surface area contributed by atoms with Crippen molar-refractivity contribution in [2.45, 2.75) is 6.42 Å². The topological polar surface area (TPSA) is 65.4 Å². The number of rotatable bonds is 8. The van der Waals surface area contributed by atoms with Crippen LogP contribution in [0.2, 0.25) is 0 Å².